The second kappa shape index (κ2) is 6.09. The van der Waals surface area contributed by atoms with Crippen LogP contribution in [0.4, 0.5) is 4.79 Å². The Labute approximate surface area is 119 Å². The molecule has 2 atom stereocenters. The summed E-state index contributed by atoms with van der Waals surface area (Å²) in [6.45, 7) is 5.98. The van der Waals surface area contributed by atoms with Gasteiger partial charge in [-0.15, -0.1) is 0 Å². The summed E-state index contributed by atoms with van der Waals surface area (Å²) in [4.78, 5) is 19.1. The van der Waals surface area contributed by atoms with Crippen LogP contribution in [-0.4, -0.2) is 58.3 Å². The average Bonchev–Trinajstić information content (AvgIpc) is 2.43. The van der Waals surface area contributed by atoms with Crippen molar-refractivity contribution >= 4 is 6.09 Å². The highest BCUT2D eigenvalue weighted by Crippen LogP contribution is 2.19. The van der Waals surface area contributed by atoms with Gasteiger partial charge in [0.05, 0.1) is 7.11 Å². The third-order valence-corrected chi connectivity index (χ3v) is 3.74. The molecule has 1 amide bonds. The molecular formula is C14H21N3O3. The Kier molecular flexibility index (Phi) is 4.44. The minimum Gasteiger partial charge on any atom is -0.481 e. The number of amides is 1. The van der Waals surface area contributed by atoms with Crippen molar-refractivity contribution in [3.05, 3.63) is 23.9 Å². The molecule has 0 aliphatic carbocycles. The van der Waals surface area contributed by atoms with Crippen LogP contribution in [0.15, 0.2) is 18.3 Å². The van der Waals surface area contributed by atoms with E-state index < -0.39 is 6.09 Å². The Morgan fingerprint density at radius 3 is 2.50 bits per heavy atom. The predicted octanol–water partition coefficient (Wildman–Crippen LogP) is 1.66. The number of carboxylic acid groups (broad SMARTS) is 1. The first-order valence-corrected chi connectivity index (χ1v) is 6.73. The smallest absolute Gasteiger partial charge is 0.407 e. The van der Waals surface area contributed by atoms with Gasteiger partial charge in [0.15, 0.2) is 0 Å². The summed E-state index contributed by atoms with van der Waals surface area (Å²) in [6, 6.07) is 4.22. The molecule has 0 spiro atoms. The summed E-state index contributed by atoms with van der Waals surface area (Å²) in [5.41, 5.74) is 1.10. The average molecular weight is 279 g/mol. The van der Waals surface area contributed by atoms with Gasteiger partial charge in [0, 0.05) is 44.0 Å². The summed E-state index contributed by atoms with van der Waals surface area (Å²) in [7, 11) is 1.59. The Morgan fingerprint density at radius 1 is 1.40 bits per heavy atom. The van der Waals surface area contributed by atoms with E-state index >= 15 is 0 Å². The molecule has 1 aromatic rings. The minimum absolute atomic E-state index is 0.192. The van der Waals surface area contributed by atoms with Crippen molar-refractivity contribution in [1.82, 2.24) is 14.8 Å². The Hall–Kier alpha value is -1.82. The van der Waals surface area contributed by atoms with Crippen molar-refractivity contribution in [3.8, 4) is 5.88 Å². The number of rotatable bonds is 3. The molecule has 1 fully saturated rings. The molecule has 0 saturated carbocycles. The van der Waals surface area contributed by atoms with Crippen molar-refractivity contribution in [1.29, 1.82) is 0 Å². The Balaban J connectivity index is 2.03. The molecule has 0 aromatic carbocycles. The lowest BCUT2D eigenvalue weighted by Crippen LogP contribution is -2.57. The monoisotopic (exact) mass is 279 g/mol. The van der Waals surface area contributed by atoms with Gasteiger partial charge in [-0.05, 0) is 19.4 Å². The largest absolute Gasteiger partial charge is 0.481 e. The van der Waals surface area contributed by atoms with Crippen molar-refractivity contribution in [2.75, 3.05) is 20.2 Å². The minimum atomic E-state index is -0.838. The highest BCUT2D eigenvalue weighted by molar-refractivity contribution is 5.65. The van der Waals surface area contributed by atoms with E-state index in [0.717, 1.165) is 12.1 Å². The molecule has 0 radical (unpaired) electrons. The lowest BCUT2D eigenvalue weighted by Gasteiger charge is -2.43. The predicted molar refractivity (Wildman–Crippen MR) is 74.9 cm³/mol. The summed E-state index contributed by atoms with van der Waals surface area (Å²) < 4.78 is 5.05. The van der Waals surface area contributed by atoms with E-state index in [9.17, 15) is 4.79 Å². The standard InChI is InChI=1S/C14H21N3O3/c1-10-7-16(14(18)19)8-11(2)17(10)9-12-4-5-13(20-3)15-6-12/h4-6,10-11H,7-9H2,1-3H3,(H,18,19)/t10-,11+. The van der Waals surface area contributed by atoms with Crippen LogP contribution in [0.5, 0.6) is 5.88 Å². The second-order valence-electron chi connectivity index (χ2n) is 5.27. The quantitative estimate of drug-likeness (QED) is 0.911. The lowest BCUT2D eigenvalue weighted by molar-refractivity contribution is 0.0349. The summed E-state index contributed by atoms with van der Waals surface area (Å²) in [6.07, 6.45) is 0.969. The van der Waals surface area contributed by atoms with Crippen LogP contribution in [0.2, 0.25) is 0 Å². The summed E-state index contributed by atoms with van der Waals surface area (Å²) >= 11 is 0. The zero-order valence-corrected chi connectivity index (χ0v) is 12.1. The first-order chi connectivity index (χ1) is 9.51. The van der Waals surface area contributed by atoms with Gasteiger partial charge in [-0.1, -0.05) is 6.07 Å². The van der Waals surface area contributed by atoms with Crippen LogP contribution >= 0.6 is 0 Å². The first-order valence-electron chi connectivity index (χ1n) is 6.73. The van der Waals surface area contributed by atoms with E-state index in [4.69, 9.17) is 9.84 Å². The summed E-state index contributed by atoms with van der Waals surface area (Å²) in [5, 5.41) is 9.09. The number of ether oxygens (including phenoxy) is 1. The molecular weight excluding hydrogens is 258 g/mol. The maximum absolute atomic E-state index is 11.1. The van der Waals surface area contributed by atoms with Crippen LogP contribution in [0.1, 0.15) is 19.4 Å². The van der Waals surface area contributed by atoms with E-state index in [1.165, 1.54) is 4.90 Å². The number of pyridine rings is 1. The first kappa shape index (κ1) is 14.6. The molecule has 20 heavy (non-hydrogen) atoms. The molecule has 6 heteroatoms. The fourth-order valence-electron chi connectivity index (χ4n) is 2.66. The molecule has 1 aliphatic rings. The van der Waals surface area contributed by atoms with Gasteiger partial charge < -0.3 is 14.7 Å². The van der Waals surface area contributed by atoms with Gasteiger partial charge >= 0.3 is 6.09 Å². The molecule has 1 N–H and O–H groups in total. The second-order valence-corrected chi connectivity index (χ2v) is 5.27. The fraction of sp³-hybridized carbons (Fsp3) is 0.571. The lowest BCUT2D eigenvalue weighted by atomic mass is 10.1. The maximum atomic E-state index is 11.1. The van der Waals surface area contributed by atoms with Crippen LogP contribution in [-0.2, 0) is 6.54 Å². The van der Waals surface area contributed by atoms with Gasteiger partial charge in [-0.25, -0.2) is 9.78 Å². The molecule has 6 nitrogen and oxygen atoms in total. The van der Waals surface area contributed by atoms with Crippen LogP contribution in [0.25, 0.3) is 0 Å². The van der Waals surface area contributed by atoms with Crippen molar-refractivity contribution in [2.45, 2.75) is 32.5 Å². The molecule has 0 unspecified atom stereocenters. The van der Waals surface area contributed by atoms with Crippen molar-refractivity contribution in [3.63, 3.8) is 0 Å². The van der Waals surface area contributed by atoms with Gasteiger partial charge in [-0.3, -0.25) is 4.90 Å². The Bertz CT molecular complexity index is 451. The van der Waals surface area contributed by atoms with Crippen molar-refractivity contribution in [2.24, 2.45) is 0 Å². The van der Waals surface area contributed by atoms with Gasteiger partial charge in [0.2, 0.25) is 5.88 Å². The number of aromatic nitrogens is 1. The highest BCUT2D eigenvalue weighted by atomic mass is 16.5. The van der Waals surface area contributed by atoms with Crippen LogP contribution in [0, 0.1) is 0 Å². The fourth-order valence-corrected chi connectivity index (χ4v) is 2.66. The topological polar surface area (TPSA) is 65.9 Å². The number of hydrogen-bond acceptors (Lipinski definition) is 4. The van der Waals surface area contributed by atoms with Crippen LogP contribution in [0.3, 0.4) is 0 Å². The number of piperazine rings is 1. The van der Waals surface area contributed by atoms with E-state index in [1.807, 2.05) is 18.3 Å². The molecule has 1 aromatic heterocycles. The zero-order valence-electron chi connectivity index (χ0n) is 12.1. The molecule has 2 rings (SSSR count). The molecule has 1 saturated heterocycles. The summed E-state index contributed by atoms with van der Waals surface area (Å²) in [5.74, 6) is 0.602. The number of carbonyl (C=O) groups is 1. The molecule has 1 aliphatic heterocycles. The van der Waals surface area contributed by atoms with E-state index in [0.29, 0.717) is 19.0 Å². The maximum Gasteiger partial charge on any atom is 0.407 e. The molecule has 0 bridgehead atoms. The van der Waals surface area contributed by atoms with E-state index in [2.05, 4.69) is 23.7 Å². The normalized spacial score (nSPS) is 23.6. The molecule has 2 heterocycles. The third-order valence-electron chi connectivity index (χ3n) is 3.74. The highest BCUT2D eigenvalue weighted by Gasteiger charge is 2.31. The van der Waals surface area contributed by atoms with Crippen LogP contribution < -0.4 is 4.74 Å². The SMILES string of the molecule is COc1ccc(CN2[C@H](C)CN(C(=O)O)C[C@@H]2C)cn1. The van der Waals surface area contributed by atoms with E-state index in [1.54, 1.807) is 7.11 Å². The van der Waals surface area contributed by atoms with E-state index in [-0.39, 0.29) is 12.1 Å². The Morgan fingerprint density at radius 2 is 2.05 bits per heavy atom. The number of nitrogens with zero attached hydrogens (tertiary/aromatic N) is 3. The van der Waals surface area contributed by atoms with Gasteiger partial charge in [-0.2, -0.15) is 0 Å². The van der Waals surface area contributed by atoms with Crippen molar-refractivity contribution < 1.29 is 14.6 Å². The zero-order chi connectivity index (χ0) is 14.7. The number of hydrogen-bond donors (Lipinski definition) is 1. The number of methoxy groups -OCH3 is 1. The van der Waals surface area contributed by atoms with Gasteiger partial charge in [0.1, 0.15) is 0 Å². The third kappa shape index (κ3) is 3.19. The van der Waals surface area contributed by atoms with Gasteiger partial charge in [0.25, 0.3) is 0 Å². The molecule has 110 valence electrons.